The first-order valence-corrected chi connectivity index (χ1v) is 8.67. The van der Waals surface area contributed by atoms with Crippen LogP contribution in [0.1, 0.15) is 63.4 Å². The van der Waals surface area contributed by atoms with Gasteiger partial charge in [0.05, 0.1) is 5.92 Å². The lowest BCUT2D eigenvalue weighted by atomic mass is 9.73. The van der Waals surface area contributed by atoms with Crippen molar-refractivity contribution in [1.82, 2.24) is 0 Å². The first kappa shape index (κ1) is 17.0. The number of carbonyl (C=O) groups is 1. The second-order valence-electron chi connectivity index (χ2n) is 6.79. The summed E-state index contributed by atoms with van der Waals surface area (Å²) in [5.41, 5.74) is 7.16. The molecule has 122 valence electrons. The normalized spacial score (nSPS) is 21.0. The third-order valence-corrected chi connectivity index (χ3v) is 5.06. The minimum Gasteiger partial charge on any atom is -0.481 e. The maximum absolute atomic E-state index is 11.9. The van der Waals surface area contributed by atoms with E-state index in [2.05, 4.69) is 0 Å². The van der Waals surface area contributed by atoms with Crippen molar-refractivity contribution in [2.45, 2.75) is 69.7 Å². The van der Waals surface area contributed by atoms with Crippen LogP contribution >= 0.6 is 0 Å². The average molecular weight is 303 g/mol. The largest absolute Gasteiger partial charge is 0.481 e. The van der Waals surface area contributed by atoms with Crippen LogP contribution in [-0.4, -0.2) is 16.6 Å². The minimum atomic E-state index is -0.747. The zero-order valence-electron chi connectivity index (χ0n) is 13.5. The van der Waals surface area contributed by atoms with Crippen LogP contribution in [0.3, 0.4) is 0 Å². The predicted octanol–water partition coefficient (Wildman–Crippen LogP) is 4.15. The van der Waals surface area contributed by atoms with E-state index < -0.39 is 17.4 Å². The molecule has 1 aromatic carbocycles. The summed E-state index contributed by atoms with van der Waals surface area (Å²) in [6, 6.07) is 9.88. The molecule has 1 atom stereocenters. The van der Waals surface area contributed by atoms with Gasteiger partial charge in [0.2, 0.25) is 0 Å². The summed E-state index contributed by atoms with van der Waals surface area (Å²) < 4.78 is 0. The van der Waals surface area contributed by atoms with Crippen LogP contribution in [0.5, 0.6) is 0 Å². The predicted molar refractivity (Wildman–Crippen MR) is 89.7 cm³/mol. The Kier molecular flexibility index (Phi) is 6.44. The molecule has 1 aromatic rings. The highest BCUT2D eigenvalue weighted by Gasteiger charge is 2.39. The molecular formula is C19H29NO2. The Morgan fingerprint density at radius 2 is 1.50 bits per heavy atom. The SMILES string of the molecule is NC1(C(Cc2ccccc2)C(=O)O)CCCCCCCCC1. The van der Waals surface area contributed by atoms with Gasteiger partial charge in [-0.25, -0.2) is 0 Å². The van der Waals surface area contributed by atoms with Crippen LogP contribution < -0.4 is 5.73 Å². The molecule has 0 heterocycles. The van der Waals surface area contributed by atoms with Gasteiger partial charge >= 0.3 is 5.97 Å². The molecule has 1 aliphatic rings. The summed E-state index contributed by atoms with van der Waals surface area (Å²) in [6.07, 6.45) is 10.5. The zero-order valence-corrected chi connectivity index (χ0v) is 13.5. The number of carboxylic acid groups (broad SMARTS) is 1. The van der Waals surface area contributed by atoms with Crippen molar-refractivity contribution in [3.8, 4) is 0 Å². The molecule has 3 nitrogen and oxygen atoms in total. The highest BCUT2D eigenvalue weighted by atomic mass is 16.4. The lowest BCUT2D eigenvalue weighted by Gasteiger charge is -2.36. The highest BCUT2D eigenvalue weighted by Crippen LogP contribution is 2.32. The molecule has 0 saturated heterocycles. The van der Waals surface area contributed by atoms with Crippen LogP contribution in [0.15, 0.2) is 30.3 Å². The molecule has 3 N–H and O–H groups in total. The lowest BCUT2D eigenvalue weighted by Crippen LogP contribution is -2.51. The van der Waals surface area contributed by atoms with Gasteiger partial charge < -0.3 is 10.8 Å². The van der Waals surface area contributed by atoms with Gasteiger partial charge in [0.1, 0.15) is 0 Å². The van der Waals surface area contributed by atoms with E-state index in [1.165, 1.54) is 32.1 Å². The van der Waals surface area contributed by atoms with E-state index in [-0.39, 0.29) is 0 Å². The molecule has 0 amide bonds. The maximum atomic E-state index is 11.9. The molecule has 0 aliphatic heterocycles. The summed E-state index contributed by atoms with van der Waals surface area (Å²) in [5, 5.41) is 9.76. The molecule has 0 spiro atoms. The molecule has 1 aliphatic carbocycles. The Labute approximate surface area is 133 Å². The van der Waals surface area contributed by atoms with Crippen LogP contribution in [0.2, 0.25) is 0 Å². The van der Waals surface area contributed by atoms with E-state index >= 15 is 0 Å². The van der Waals surface area contributed by atoms with Gasteiger partial charge in [-0.3, -0.25) is 4.79 Å². The Morgan fingerprint density at radius 3 is 2.00 bits per heavy atom. The fraction of sp³-hybridized carbons (Fsp3) is 0.632. The second-order valence-corrected chi connectivity index (χ2v) is 6.79. The minimum absolute atomic E-state index is 0.491. The van der Waals surface area contributed by atoms with Crippen molar-refractivity contribution in [3.05, 3.63) is 35.9 Å². The quantitative estimate of drug-likeness (QED) is 0.878. The number of hydrogen-bond donors (Lipinski definition) is 2. The van der Waals surface area contributed by atoms with Gasteiger partial charge in [0.25, 0.3) is 0 Å². The van der Waals surface area contributed by atoms with Crippen LogP contribution in [0.25, 0.3) is 0 Å². The molecule has 1 saturated carbocycles. The van der Waals surface area contributed by atoms with E-state index in [1.54, 1.807) is 0 Å². The number of benzene rings is 1. The van der Waals surface area contributed by atoms with E-state index in [0.29, 0.717) is 6.42 Å². The van der Waals surface area contributed by atoms with Crippen molar-refractivity contribution in [3.63, 3.8) is 0 Å². The van der Waals surface area contributed by atoms with Crippen LogP contribution in [-0.2, 0) is 11.2 Å². The summed E-state index contributed by atoms with van der Waals surface area (Å²) in [6.45, 7) is 0. The molecular weight excluding hydrogens is 274 g/mol. The third kappa shape index (κ3) is 4.84. The van der Waals surface area contributed by atoms with Gasteiger partial charge in [-0.05, 0) is 24.8 Å². The van der Waals surface area contributed by atoms with Gasteiger partial charge in [-0.1, -0.05) is 75.3 Å². The maximum Gasteiger partial charge on any atom is 0.308 e. The standard InChI is InChI=1S/C19H29NO2/c20-19(13-9-4-2-1-3-5-10-14-19)17(18(21)22)15-16-11-7-6-8-12-16/h6-8,11-12,17H,1-5,9-10,13-15,20H2,(H,21,22). The van der Waals surface area contributed by atoms with Crippen molar-refractivity contribution in [2.75, 3.05) is 0 Å². The van der Waals surface area contributed by atoms with E-state index in [1.807, 2.05) is 30.3 Å². The molecule has 0 bridgehead atoms. The summed E-state index contributed by atoms with van der Waals surface area (Å²) in [7, 11) is 0. The van der Waals surface area contributed by atoms with E-state index in [9.17, 15) is 9.90 Å². The fourth-order valence-corrected chi connectivity index (χ4v) is 3.65. The molecule has 0 radical (unpaired) electrons. The second kappa shape index (κ2) is 8.33. The topological polar surface area (TPSA) is 63.3 Å². The first-order chi connectivity index (χ1) is 10.6. The lowest BCUT2D eigenvalue weighted by molar-refractivity contribution is -0.144. The van der Waals surface area contributed by atoms with Gasteiger partial charge in [-0.15, -0.1) is 0 Å². The summed E-state index contributed by atoms with van der Waals surface area (Å²) in [5.74, 6) is -1.24. The van der Waals surface area contributed by atoms with Crippen molar-refractivity contribution in [2.24, 2.45) is 11.7 Å². The van der Waals surface area contributed by atoms with Gasteiger partial charge in [0.15, 0.2) is 0 Å². The van der Waals surface area contributed by atoms with E-state index in [4.69, 9.17) is 5.73 Å². The Hall–Kier alpha value is -1.35. The number of hydrogen-bond acceptors (Lipinski definition) is 2. The van der Waals surface area contributed by atoms with Gasteiger partial charge in [-0.2, -0.15) is 0 Å². The molecule has 22 heavy (non-hydrogen) atoms. The molecule has 0 aromatic heterocycles. The third-order valence-electron chi connectivity index (χ3n) is 5.06. The number of carboxylic acids is 1. The van der Waals surface area contributed by atoms with Gasteiger partial charge in [0, 0.05) is 5.54 Å². The Balaban J connectivity index is 2.13. The monoisotopic (exact) mass is 303 g/mol. The first-order valence-electron chi connectivity index (χ1n) is 8.67. The smallest absolute Gasteiger partial charge is 0.308 e. The van der Waals surface area contributed by atoms with Crippen LogP contribution in [0, 0.1) is 5.92 Å². The van der Waals surface area contributed by atoms with Crippen molar-refractivity contribution < 1.29 is 9.90 Å². The van der Waals surface area contributed by atoms with Crippen LogP contribution in [0.4, 0.5) is 0 Å². The molecule has 3 heteroatoms. The summed E-state index contributed by atoms with van der Waals surface area (Å²) in [4.78, 5) is 11.9. The molecule has 1 fully saturated rings. The van der Waals surface area contributed by atoms with Crippen molar-refractivity contribution >= 4 is 5.97 Å². The number of aliphatic carboxylic acids is 1. The highest BCUT2D eigenvalue weighted by molar-refractivity contribution is 5.72. The average Bonchev–Trinajstić information content (AvgIpc) is 2.52. The number of rotatable bonds is 4. The van der Waals surface area contributed by atoms with E-state index in [0.717, 1.165) is 31.2 Å². The Bertz CT molecular complexity index is 448. The molecule has 2 rings (SSSR count). The number of nitrogens with two attached hydrogens (primary N) is 1. The Morgan fingerprint density at radius 1 is 1.00 bits per heavy atom. The zero-order chi connectivity index (χ0) is 15.8. The van der Waals surface area contributed by atoms with Crippen molar-refractivity contribution in [1.29, 1.82) is 0 Å². The summed E-state index contributed by atoms with van der Waals surface area (Å²) >= 11 is 0. The molecule has 1 unspecified atom stereocenters. The fourth-order valence-electron chi connectivity index (χ4n) is 3.65.